The Morgan fingerprint density at radius 2 is 1.67 bits per heavy atom. The molecule has 0 aromatic heterocycles. The lowest BCUT2D eigenvalue weighted by atomic mass is 9.77. The van der Waals surface area contributed by atoms with Gasteiger partial charge in [0.05, 0.1) is 0 Å². The maximum absolute atomic E-state index is 6.98. The van der Waals surface area contributed by atoms with Crippen LogP contribution in [0.5, 0.6) is 0 Å². The maximum atomic E-state index is 6.98. The van der Waals surface area contributed by atoms with Crippen LogP contribution in [-0.2, 0) is 13.0 Å². The third-order valence-electron chi connectivity index (χ3n) is 7.25. The second-order valence-corrected chi connectivity index (χ2v) is 9.55. The molecular formula is C28H36N2. The van der Waals surface area contributed by atoms with Crippen LogP contribution < -0.4 is 5.73 Å². The second-order valence-electron chi connectivity index (χ2n) is 9.55. The highest BCUT2D eigenvalue weighted by atomic mass is 15.1. The fraction of sp³-hybridized carbons (Fsp3) is 0.429. The minimum Gasteiger partial charge on any atom is -0.325 e. The highest BCUT2D eigenvalue weighted by Gasteiger charge is 2.31. The lowest BCUT2D eigenvalue weighted by Gasteiger charge is -2.37. The van der Waals surface area contributed by atoms with Crippen LogP contribution in [0, 0.1) is 13.8 Å². The van der Waals surface area contributed by atoms with Crippen LogP contribution in [0.4, 0.5) is 0 Å². The summed E-state index contributed by atoms with van der Waals surface area (Å²) >= 11 is 0. The monoisotopic (exact) mass is 400 g/mol. The molecule has 2 unspecified atom stereocenters. The quantitative estimate of drug-likeness (QED) is 0.540. The fourth-order valence-electron chi connectivity index (χ4n) is 5.19. The van der Waals surface area contributed by atoms with Gasteiger partial charge in [-0.05, 0) is 78.6 Å². The zero-order valence-corrected chi connectivity index (χ0v) is 19.0. The molecule has 0 fully saturated rings. The number of aryl methyl sites for hydroxylation is 2. The van der Waals surface area contributed by atoms with Gasteiger partial charge in [-0.25, -0.2) is 0 Å². The molecule has 1 aliphatic heterocycles. The van der Waals surface area contributed by atoms with E-state index < -0.39 is 0 Å². The van der Waals surface area contributed by atoms with Crippen LogP contribution in [0.25, 0.3) is 10.8 Å². The van der Waals surface area contributed by atoms with Gasteiger partial charge < -0.3 is 5.73 Å². The molecule has 158 valence electrons. The maximum Gasteiger partial charge on any atom is 0.0236 e. The van der Waals surface area contributed by atoms with Crippen LogP contribution in [0.2, 0.25) is 0 Å². The summed E-state index contributed by atoms with van der Waals surface area (Å²) in [6.07, 6.45) is 3.23. The molecule has 2 atom stereocenters. The third-order valence-corrected chi connectivity index (χ3v) is 7.25. The number of hydrogen-bond acceptors (Lipinski definition) is 2. The highest BCUT2D eigenvalue weighted by Crippen LogP contribution is 2.34. The van der Waals surface area contributed by atoms with E-state index in [-0.39, 0.29) is 5.54 Å². The Morgan fingerprint density at radius 1 is 0.967 bits per heavy atom. The molecule has 3 aromatic carbocycles. The zero-order chi connectivity index (χ0) is 21.3. The van der Waals surface area contributed by atoms with Crippen molar-refractivity contribution in [2.45, 2.75) is 65.0 Å². The molecular weight excluding hydrogens is 364 g/mol. The van der Waals surface area contributed by atoms with Crippen LogP contribution in [0.3, 0.4) is 0 Å². The first kappa shape index (κ1) is 21.1. The molecule has 1 heterocycles. The molecule has 2 heteroatoms. The molecule has 3 aromatic rings. The van der Waals surface area contributed by atoms with Gasteiger partial charge >= 0.3 is 0 Å². The topological polar surface area (TPSA) is 29.3 Å². The summed E-state index contributed by atoms with van der Waals surface area (Å²) in [5.74, 6) is 0.365. The van der Waals surface area contributed by atoms with Crippen molar-refractivity contribution in [3.8, 4) is 0 Å². The lowest BCUT2D eigenvalue weighted by Crippen LogP contribution is -2.46. The van der Waals surface area contributed by atoms with E-state index in [0.29, 0.717) is 5.92 Å². The Bertz CT molecular complexity index is 1030. The Hall–Kier alpha value is -2.16. The van der Waals surface area contributed by atoms with E-state index in [4.69, 9.17) is 5.73 Å². The average Bonchev–Trinajstić information content (AvgIpc) is 2.73. The molecule has 2 N–H and O–H groups in total. The molecule has 0 bridgehead atoms. The summed E-state index contributed by atoms with van der Waals surface area (Å²) in [6.45, 7) is 12.2. The normalized spacial score (nSPS) is 17.5. The number of benzene rings is 3. The molecule has 0 aliphatic carbocycles. The van der Waals surface area contributed by atoms with E-state index in [1.807, 2.05) is 0 Å². The van der Waals surface area contributed by atoms with Gasteiger partial charge in [-0.3, -0.25) is 4.90 Å². The van der Waals surface area contributed by atoms with Gasteiger partial charge in [-0.1, -0.05) is 61.5 Å². The number of nitrogens with two attached hydrogens (primary N) is 1. The first-order valence-electron chi connectivity index (χ1n) is 11.5. The summed E-state index contributed by atoms with van der Waals surface area (Å²) in [5.41, 5.74) is 14.0. The largest absolute Gasteiger partial charge is 0.325 e. The molecule has 1 aliphatic rings. The molecule has 0 radical (unpaired) electrons. The minimum absolute atomic E-state index is 0.222. The van der Waals surface area contributed by atoms with Gasteiger partial charge in [0.2, 0.25) is 0 Å². The Balaban J connectivity index is 1.46. The van der Waals surface area contributed by atoms with Crippen molar-refractivity contribution in [1.29, 1.82) is 0 Å². The molecule has 0 spiro atoms. The van der Waals surface area contributed by atoms with Crippen molar-refractivity contribution in [3.05, 3.63) is 82.4 Å². The van der Waals surface area contributed by atoms with Crippen LogP contribution in [0.1, 0.15) is 60.4 Å². The number of hydrogen-bond donors (Lipinski definition) is 1. The minimum atomic E-state index is -0.222. The summed E-state index contributed by atoms with van der Waals surface area (Å²) in [7, 11) is 0. The van der Waals surface area contributed by atoms with Crippen molar-refractivity contribution < 1.29 is 0 Å². The van der Waals surface area contributed by atoms with E-state index in [1.54, 1.807) is 0 Å². The van der Waals surface area contributed by atoms with Gasteiger partial charge in [0.25, 0.3) is 0 Å². The molecule has 30 heavy (non-hydrogen) atoms. The van der Waals surface area contributed by atoms with Crippen molar-refractivity contribution in [2.75, 3.05) is 13.1 Å². The first-order valence-corrected chi connectivity index (χ1v) is 11.5. The summed E-state index contributed by atoms with van der Waals surface area (Å²) in [5, 5.41) is 2.61. The van der Waals surface area contributed by atoms with E-state index in [0.717, 1.165) is 38.9 Å². The highest BCUT2D eigenvalue weighted by molar-refractivity contribution is 5.83. The smallest absolute Gasteiger partial charge is 0.0236 e. The Kier molecular flexibility index (Phi) is 5.99. The van der Waals surface area contributed by atoms with Crippen LogP contribution in [0.15, 0.2) is 54.6 Å². The predicted octanol–water partition coefficient (Wildman–Crippen LogP) is 6.12. The van der Waals surface area contributed by atoms with Crippen LogP contribution in [-0.4, -0.2) is 23.5 Å². The summed E-state index contributed by atoms with van der Waals surface area (Å²) in [4.78, 5) is 2.59. The molecule has 0 saturated heterocycles. The summed E-state index contributed by atoms with van der Waals surface area (Å²) < 4.78 is 0. The molecule has 2 nitrogen and oxygen atoms in total. The van der Waals surface area contributed by atoms with Gasteiger partial charge in [0.1, 0.15) is 0 Å². The fourth-order valence-corrected chi connectivity index (χ4v) is 5.19. The van der Waals surface area contributed by atoms with Gasteiger partial charge in [0, 0.05) is 31.1 Å². The lowest BCUT2D eigenvalue weighted by molar-refractivity contribution is 0.213. The number of rotatable bonds is 6. The predicted molar refractivity (Wildman–Crippen MR) is 129 cm³/mol. The van der Waals surface area contributed by atoms with Gasteiger partial charge in [-0.2, -0.15) is 0 Å². The van der Waals surface area contributed by atoms with E-state index in [9.17, 15) is 0 Å². The van der Waals surface area contributed by atoms with Gasteiger partial charge in [-0.15, -0.1) is 0 Å². The van der Waals surface area contributed by atoms with E-state index >= 15 is 0 Å². The number of fused-ring (bicyclic) bond motifs is 2. The Labute approximate surface area is 182 Å². The van der Waals surface area contributed by atoms with Crippen molar-refractivity contribution in [2.24, 2.45) is 5.73 Å². The summed E-state index contributed by atoms with van der Waals surface area (Å²) in [6, 6.07) is 20.3. The first-order chi connectivity index (χ1) is 14.4. The standard InChI is InChI=1S/C28H36N2/c1-5-27(25-11-10-22-8-6-7-9-23(22)18-25)28(4,29)13-15-30-14-12-24-16-20(2)21(3)17-26(24)19-30/h6-11,16-18,27H,5,12-15,19,29H2,1-4H3. The average molecular weight is 401 g/mol. The third kappa shape index (κ3) is 4.31. The molecule has 0 amide bonds. The Morgan fingerprint density at radius 3 is 2.40 bits per heavy atom. The number of nitrogens with zero attached hydrogens (tertiary/aromatic N) is 1. The SMILES string of the molecule is CCC(c1ccc2ccccc2c1)C(C)(N)CCN1CCc2cc(C)c(C)cc2C1. The van der Waals surface area contributed by atoms with Gasteiger partial charge in [0.15, 0.2) is 0 Å². The van der Waals surface area contributed by atoms with E-state index in [1.165, 1.54) is 38.6 Å². The van der Waals surface area contributed by atoms with Crippen LogP contribution >= 0.6 is 0 Å². The van der Waals surface area contributed by atoms with Crippen molar-refractivity contribution >= 4 is 10.8 Å². The zero-order valence-electron chi connectivity index (χ0n) is 19.0. The molecule has 4 rings (SSSR count). The van der Waals surface area contributed by atoms with Crippen molar-refractivity contribution in [3.63, 3.8) is 0 Å². The van der Waals surface area contributed by atoms with Crippen molar-refractivity contribution in [1.82, 2.24) is 4.90 Å². The molecule has 0 saturated carbocycles. The second kappa shape index (κ2) is 8.53. The van der Waals surface area contributed by atoms with E-state index in [2.05, 4.69) is 87.2 Å².